The van der Waals surface area contributed by atoms with Gasteiger partial charge >= 0.3 is 0 Å². The van der Waals surface area contributed by atoms with Crippen molar-refractivity contribution in [3.05, 3.63) is 11.8 Å². The molecule has 0 bridgehead atoms. The fourth-order valence-corrected chi connectivity index (χ4v) is 1.55. The number of hydrogen-bond donors (Lipinski definition) is 1. The maximum Gasteiger partial charge on any atom is 0.0738 e. The molecule has 0 saturated carbocycles. The fraction of sp³-hybridized carbons (Fsp3) is 0.625. The zero-order valence-electron chi connectivity index (χ0n) is 6.01. The van der Waals surface area contributed by atoms with Crippen LogP contribution in [0.25, 0.3) is 0 Å². The van der Waals surface area contributed by atoms with Crippen molar-refractivity contribution in [2.24, 2.45) is 4.99 Å². The number of fused-ring (bicyclic) bond motifs is 1. The molecular formula is C8H12N2. The van der Waals surface area contributed by atoms with Crippen LogP contribution in [0.4, 0.5) is 0 Å². The highest BCUT2D eigenvalue weighted by Crippen LogP contribution is 2.21. The Bertz CT molecular complexity index is 182. The molecule has 2 aliphatic heterocycles. The lowest BCUT2D eigenvalue weighted by Gasteiger charge is -2.24. The fourth-order valence-electron chi connectivity index (χ4n) is 1.55. The molecule has 0 fully saturated rings. The second kappa shape index (κ2) is 2.45. The van der Waals surface area contributed by atoms with Crippen molar-refractivity contribution < 1.29 is 0 Å². The molecule has 2 heterocycles. The summed E-state index contributed by atoms with van der Waals surface area (Å²) in [6, 6.07) is 0.523. The Hall–Kier alpha value is -0.790. The van der Waals surface area contributed by atoms with Crippen molar-refractivity contribution in [1.29, 1.82) is 0 Å². The minimum absolute atomic E-state index is 0.523. The van der Waals surface area contributed by atoms with Crippen LogP contribution in [0.3, 0.4) is 0 Å². The maximum atomic E-state index is 4.42. The Balaban J connectivity index is 2.20. The van der Waals surface area contributed by atoms with Crippen LogP contribution in [-0.2, 0) is 0 Å². The van der Waals surface area contributed by atoms with Crippen LogP contribution in [0.5, 0.6) is 0 Å². The molecule has 0 aromatic rings. The molecule has 0 aromatic carbocycles. The molecule has 0 saturated heterocycles. The van der Waals surface area contributed by atoms with Gasteiger partial charge in [0.15, 0.2) is 0 Å². The van der Waals surface area contributed by atoms with Crippen molar-refractivity contribution in [1.82, 2.24) is 5.32 Å². The van der Waals surface area contributed by atoms with E-state index in [4.69, 9.17) is 0 Å². The summed E-state index contributed by atoms with van der Waals surface area (Å²) in [5, 5.41) is 3.25. The van der Waals surface area contributed by atoms with E-state index in [2.05, 4.69) is 22.7 Å². The van der Waals surface area contributed by atoms with Crippen LogP contribution < -0.4 is 5.32 Å². The van der Waals surface area contributed by atoms with Gasteiger partial charge in [0.2, 0.25) is 0 Å². The van der Waals surface area contributed by atoms with Crippen molar-refractivity contribution in [3.63, 3.8) is 0 Å². The van der Waals surface area contributed by atoms with E-state index in [1.807, 2.05) is 0 Å². The largest absolute Gasteiger partial charge is 0.391 e. The summed E-state index contributed by atoms with van der Waals surface area (Å²) in [5.41, 5.74) is 1.49. The molecule has 0 aromatic heterocycles. The van der Waals surface area contributed by atoms with E-state index in [1.165, 1.54) is 18.4 Å². The number of rotatable bonds is 0. The number of aliphatic imine (C=N–C) groups is 1. The van der Waals surface area contributed by atoms with Crippen molar-refractivity contribution in [2.45, 2.75) is 25.3 Å². The molecule has 2 rings (SSSR count). The average molecular weight is 136 g/mol. The molecule has 1 N–H and O–H groups in total. The maximum absolute atomic E-state index is 4.42. The third-order valence-corrected chi connectivity index (χ3v) is 2.13. The van der Waals surface area contributed by atoms with Gasteiger partial charge in [-0.15, -0.1) is 0 Å². The van der Waals surface area contributed by atoms with Gasteiger partial charge in [0.05, 0.1) is 6.04 Å². The van der Waals surface area contributed by atoms with Crippen LogP contribution in [0.1, 0.15) is 19.3 Å². The Labute approximate surface area is 61.0 Å². The first-order valence-electron chi connectivity index (χ1n) is 3.91. The summed E-state index contributed by atoms with van der Waals surface area (Å²) in [5.74, 6) is 0. The number of nitrogens with zero attached hydrogens (tertiary/aromatic N) is 1. The summed E-state index contributed by atoms with van der Waals surface area (Å²) in [6.45, 7) is 1.09. The SMILES string of the molecule is C1=NC2CCNC=C2CC1. The number of nitrogens with one attached hydrogen (secondary N) is 1. The third kappa shape index (κ3) is 0.939. The quantitative estimate of drug-likeness (QED) is 0.529. The van der Waals surface area contributed by atoms with Gasteiger partial charge in [0.1, 0.15) is 0 Å². The van der Waals surface area contributed by atoms with E-state index >= 15 is 0 Å². The molecule has 2 aliphatic rings. The lowest BCUT2D eigenvalue weighted by molar-refractivity contribution is 0.589. The highest BCUT2D eigenvalue weighted by Gasteiger charge is 2.17. The van der Waals surface area contributed by atoms with Crippen LogP contribution in [-0.4, -0.2) is 18.8 Å². The Kier molecular flexibility index (Phi) is 1.46. The lowest BCUT2D eigenvalue weighted by atomic mass is 9.96. The standard InChI is InChI=1S/C8H12N2/c1-2-7-6-9-5-3-8(7)10-4-1/h4,6,8-9H,1-3,5H2. The smallest absolute Gasteiger partial charge is 0.0738 e. The summed E-state index contributed by atoms with van der Waals surface area (Å²) < 4.78 is 0. The molecule has 1 atom stereocenters. The van der Waals surface area contributed by atoms with Crippen LogP contribution in [0.2, 0.25) is 0 Å². The molecule has 1 unspecified atom stereocenters. The normalized spacial score (nSPS) is 30.4. The van der Waals surface area contributed by atoms with E-state index in [-0.39, 0.29) is 0 Å². The predicted octanol–water partition coefficient (Wildman–Crippen LogP) is 1.10. The zero-order valence-corrected chi connectivity index (χ0v) is 6.01. The van der Waals surface area contributed by atoms with Crippen LogP contribution in [0, 0.1) is 0 Å². The first-order chi connectivity index (χ1) is 4.97. The van der Waals surface area contributed by atoms with E-state index in [1.54, 1.807) is 0 Å². The predicted molar refractivity (Wildman–Crippen MR) is 42.2 cm³/mol. The molecule has 2 heteroatoms. The second-order valence-electron chi connectivity index (χ2n) is 2.85. The van der Waals surface area contributed by atoms with Gasteiger partial charge < -0.3 is 5.32 Å². The van der Waals surface area contributed by atoms with Gasteiger partial charge in [0, 0.05) is 6.54 Å². The Morgan fingerprint density at radius 2 is 2.60 bits per heavy atom. The molecule has 0 amide bonds. The molecule has 0 radical (unpaired) electrons. The zero-order chi connectivity index (χ0) is 6.81. The molecule has 2 nitrogen and oxygen atoms in total. The minimum Gasteiger partial charge on any atom is -0.391 e. The van der Waals surface area contributed by atoms with Crippen molar-refractivity contribution in [3.8, 4) is 0 Å². The Morgan fingerprint density at radius 3 is 3.50 bits per heavy atom. The highest BCUT2D eigenvalue weighted by molar-refractivity contribution is 5.60. The van der Waals surface area contributed by atoms with Gasteiger partial charge in [-0.1, -0.05) is 0 Å². The van der Waals surface area contributed by atoms with Crippen molar-refractivity contribution in [2.75, 3.05) is 6.54 Å². The summed E-state index contributed by atoms with van der Waals surface area (Å²) in [6.07, 6.45) is 7.73. The molecule has 0 aliphatic carbocycles. The second-order valence-corrected chi connectivity index (χ2v) is 2.85. The lowest BCUT2D eigenvalue weighted by Crippen LogP contribution is -2.26. The van der Waals surface area contributed by atoms with Gasteiger partial charge in [-0.2, -0.15) is 0 Å². The van der Waals surface area contributed by atoms with E-state index < -0.39 is 0 Å². The van der Waals surface area contributed by atoms with Gasteiger partial charge in [-0.25, -0.2) is 0 Å². The van der Waals surface area contributed by atoms with Gasteiger partial charge in [0.25, 0.3) is 0 Å². The van der Waals surface area contributed by atoms with E-state index in [9.17, 15) is 0 Å². The molecule has 0 spiro atoms. The topological polar surface area (TPSA) is 24.4 Å². The van der Waals surface area contributed by atoms with Gasteiger partial charge in [-0.05, 0) is 37.3 Å². The molecule has 54 valence electrons. The third-order valence-electron chi connectivity index (χ3n) is 2.13. The van der Waals surface area contributed by atoms with Crippen LogP contribution >= 0.6 is 0 Å². The minimum atomic E-state index is 0.523. The van der Waals surface area contributed by atoms with Crippen LogP contribution in [0.15, 0.2) is 16.8 Å². The molecule has 10 heavy (non-hydrogen) atoms. The summed E-state index contributed by atoms with van der Waals surface area (Å²) in [4.78, 5) is 4.42. The van der Waals surface area contributed by atoms with Gasteiger partial charge in [-0.3, -0.25) is 4.99 Å². The van der Waals surface area contributed by atoms with Crippen molar-refractivity contribution >= 4 is 6.21 Å². The summed E-state index contributed by atoms with van der Waals surface area (Å²) in [7, 11) is 0. The highest BCUT2D eigenvalue weighted by atomic mass is 14.9. The Morgan fingerprint density at radius 1 is 1.60 bits per heavy atom. The first-order valence-corrected chi connectivity index (χ1v) is 3.91. The van der Waals surface area contributed by atoms with E-state index in [0.717, 1.165) is 13.0 Å². The summed E-state index contributed by atoms with van der Waals surface area (Å²) >= 11 is 0. The number of hydrogen-bond acceptors (Lipinski definition) is 2. The first kappa shape index (κ1) is 5.96. The van der Waals surface area contributed by atoms with E-state index in [0.29, 0.717) is 6.04 Å². The average Bonchev–Trinajstić information content (AvgIpc) is 2.05. The monoisotopic (exact) mass is 136 g/mol. The molecular weight excluding hydrogens is 124 g/mol.